The van der Waals surface area contributed by atoms with Crippen LogP contribution in [-0.2, 0) is 16.1 Å². The number of piperidine rings is 1. The van der Waals surface area contributed by atoms with Crippen molar-refractivity contribution in [3.63, 3.8) is 0 Å². The third-order valence-electron chi connectivity index (χ3n) is 7.67. The second-order valence-electron chi connectivity index (χ2n) is 10.1. The number of nitrogens with two attached hydrogens (primary N) is 1. The zero-order valence-corrected chi connectivity index (χ0v) is 23.2. The molecule has 210 valence electrons. The first kappa shape index (κ1) is 28.4. The highest BCUT2D eigenvalue weighted by Gasteiger charge is 2.31. The first-order valence-corrected chi connectivity index (χ1v) is 13.5. The van der Waals surface area contributed by atoms with Gasteiger partial charge >= 0.3 is 5.97 Å². The van der Waals surface area contributed by atoms with Crippen LogP contribution in [0.3, 0.4) is 0 Å². The van der Waals surface area contributed by atoms with E-state index in [1.165, 1.54) is 7.11 Å². The number of aromatic nitrogens is 2. The summed E-state index contributed by atoms with van der Waals surface area (Å²) in [4.78, 5) is 42.9. The lowest BCUT2D eigenvalue weighted by molar-refractivity contribution is -0.144. The van der Waals surface area contributed by atoms with Crippen molar-refractivity contribution in [2.24, 2.45) is 11.7 Å². The van der Waals surface area contributed by atoms with Crippen molar-refractivity contribution in [1.82, 2.24) is 19.8 Å². The van der Waals surface area contributed by atoms with Gasteiger partial charge < -0.3 is 30.1 Å². The molecule has 2 aromatic heterocycles. The summed E-state index contributed by atoms with van der Waals surface area (Å²) in [7, 11) is 1.51. The molecule has 0 aliphatic carbocycles. The Morgan fingerprint density at radius 3 is 2.59 bits per heavy atom. The van der Waals surface area contributed by atoms with Crippen LogP contribution in [0.2, 0.25) is 0 Å². The van der Waals surface area contributed by atoms with Crippen LogP contribution in [0, 0.1) is 19.8 Å². The maximum absolute atomic E-state index is 13.6. The third kappa shape index (κ3) is 6.02. The molecule has 0 saturated carbocycles. The molecule has 1 aliphatic rings. The van der Waals surface area contributed by atoms with Gasteiger partial charge in [-0.1, -0.05) is 18.2 Å². The summed E-state index contributed by atoms with van der Waals surface area (Å²) in [5, 5.41) is 3.78. The van der Waals surface area contributed by atoms with Crippen LogP contribution in [0.1, 0.15) is 53.1 Å². The Balaban J connectivity index is 1.58. The number of nitrogens with zero attached hydrogens (tertiary/aromatic N) is 2. The summed E-state index contributed by atoms with van der Waals surface area (Å²) >= 11 is 0. The van der Waals surface area contributed by atoms with Crippen LogP contribution >= 0.6 is 0 Å². The van der Waals surface area contributed by atoms with E-state index >= 15 is 0 Å². The molecular formula is C29H39N5O5. The van der Waals surface area contributed by atoms with E-state index in [0.717, 1.165) is 42.5 Å². The fourth-order valence-electron chi connectivity index (χ4n) is 5.79. The predicted octanol–water partition coefficient (Wildman–Crippen LogP) is 2.66. The number of aromatic amines is 1. The van der Waals surface area contributed by atoms with Gasteiger partial charge in [-0.25, -0.2) is 0 Å². The molecule has 4 N–H and O–H groups in total. The summed E-state index contributed by atoms with van der Waals surface area (Å²) in [6.07, 6.45) is 1.79. The molecule has 1 amide bonds. The highest BCUT2D eigenvalue weighted by Crippen LogP contribution is 2.35. The first-order valence-electron chi connectivity index (χ1n) is 13.5. The zero-order chi connectivity index (χ0) is 28.1. The number of ether oxygens (including phenoxy) is 2. The van der Waals surface area contributed by atoms with Crippen molar-refractivity contribution in [3.8, 4) is 5.75 Å². The monoisotopic (exact) mass is 537 g/mol. The fourth-order valence-corrected chi connectivity index (χ4v) is 5.79. The highest BCUT2D eigenvalue weighted by atomic mass is 16.5. The second kappa shape index (κ2) is 12.5. The van der Waals surface area contributed by atoms with E-state index in [0.29, 0.717) is 48.2 Å². The number of fused-ring (bicyclic) bond motifs is 1. The number of hydrogen-bond acceptors (Lipinski definition) is 7. The number of H-pyrrole nitrogens is 1. The van der Waals surface area contributed by atoms with E-state index < -0.39 is 0 Å². The number of amides is 1. The second-order valence-corrected chi connectivity index (χ2v) is 10.1. The van der Waals surface area contributed by atoms with Gasteiger partial charge in [-0.05, 0) is 64.8 Å². The predicted molar refractivity (Wildman–Crippen MR) is 150 cm³/mol. The molecule has 10 nitrogen and oxygen atoms in total. The van der Waals surface area contributed by atoms with Crippen molar-refractivity contribution in [3.05, 3.63) is 63.2 Å². The lowest BCUT2D eigenvalue weighted by Gasteiger charge is -2.36. The number of rotatable bonds is 10. The third-order valence-corrected chi connectivity index (χ3v) is 7.67. The van der Waals surface area contributed by atoms with Gasteiger partial charge in [0.05, 0.1) is 37.9 Å². The standard InChI is InChI=1S/C29H39N5O5/c1-5-39-26(35)17-33-12-10-20(11-13-33)24(15-30)34-19(3)27(21-8-6-7-9-23(21)34)29(37)31-16-22-25(38-4)14-18(2)32-28(22)36/h6-9,14,20,24H,5,10-13,15-17,30H2,1-4H3,(H,31,37)(H,32,36). The lowest BCUT2D eigenvalue weighted by atomic mass is 9.88. The summed E-state index contributed by atoms with van der Waals surface area (Å²) in [6.45, 7) is 8.28. The van der Waals surface area contributed by atoms with Gasteiger partial charge in [0.15, 0.2) is 0 Å². The Bertz CT molecular complexity index is 1390. The summed E-state index contributed by atoms with van der Waals surface area (Å²) < 4.78 is 12.7. The Labute approximate surface area is 228 Å². The highest BCUT2D eigenvalue weighted by molar-refractivity contribution is 6.08. The van der Waals surface area contributed by atoms with Crippen molar-refractivity contribution >= 4 is 22.8 Å². The van der Waals surface area contributed by atoms with Crippen molar-refractivity contribution in [2.75, 3.05) is 39.9 Å². The Morgan fingerprint density at radius 2 is 1.92 bits per heavy atom. The Morgan fingerprint density at radius 1 is 1.21 bits per heavy atom. The van der Waals surface area contributed by atoms with E-state index in [-0.39, 0.29) is 30.0 Å². The van der Waals surface area contributed by atoms with Crippen LogP contribution in [0.25, 0.3) is 10.9 Å². The molecule has 3 aromatic rings. The summed E-state index contributed by atoms with van der Waals surface area (Å²) in [5.41, 5.74) is 9.50. The van der Waals surface area contributed by atoms with Crippen LogP contribution < -0.4 is 21.3 Å². The number of methoxy groups -OCH3 is 1. The number of pyridine rings is 1. The van der Waals surface area contributed by atoms with Crippen LogP contribution in [0.4, 0.5) is 0 Å². The molecule has 1 saturated heterocycles. The minimum Gasteiger partial charge on any atom is -0.496 e. The molecule has 1 aromatic carbocycles. The Hall–Kier alpha value is -3.63. The number of esters is 1. The number of carbonyl (C=O) groups is 2. The minimum absolute atomic E-state index is 0.00114. The van der Waals surface area contributed by atoms with Gasteiger partial charge in [0.2, 0.25) is 0 Å². The average Bonchev–Trinajstić information content (AvgIpc) is 3.21. The molecule has 1 atom stereocenters. The number of para-hydroxylation sites is 1. The number of likely N-dealkylation sites (tertiary alicyclic amines) is 1. The van der Waals surface area contributed by atoms with E-state index in [1.807, 2.05) is 38.1 Å². The quantitative estimate of drug-likeness (QED) is 0.339. The van der Waals surface area contributed by atoms with Gasteiger partial charge in [-0.2, -0.15) is 0 Å². The molecule has 0 bridgehead atoms. The maximum Gasteiger partial charge on any atom is 0.320 e. The van der Waals surface area contributed by atoms with E-state index in [9.17, 15) is 14.4 Å². The normalized spacial score (nSPS) is 15.3. The number of benzene rings is 1. The minimum atomic E-state index is -0.288. The van der Waals surface area contributed by atoms with Gasteiger partial charge in [0.1, 0.15) is 5.75 Å². The molecule has 0 spiro atoms. The van der Waals surface area contributed by atoms with Crippen LogP contribution in [0.15, 0.2) is 35.1 Å². The van der Waals surface area contributed by atoms with Gasteiger partial charge in [-0.15, -0.1) is 0 Å². The smallest absolute Gasteiger partial charge is 0.320 e. The van der Waals surface area contributed by atoms with E-state index in [4.69, 9.17) is 15.2 Å². The number of carbonyl (C=O) groups excluding carboxylic acids is 2. The number of hydrogen-bond donors (Lipinski definition) is 3. The molecule has 1 unspecified atom stereocenters. The molecule has 1 aliphatic heterocycles. The first-order chi connectivity index (χ1) is 18.8. The van der Waals surface area contributed by atoms with E-state index in [1.54, 1.807) is 13.0 Å². The molecule has 39 heavy (non-hydrogen) atoms. The molecular weight excluding hydrogens is 498 g/mol. The van der Waals surface area contributed by atoms with Crippen molar-refractivity contribution < 1.29 is 19.1 Å². The molecule has 3 heterocycles. The number of nitrogens with one attached hydrogen (secondary N) is 2. The maximum atomic E-state index is 13.6. The Kier molecular flexibility index (Phi) is 9.08. The SMILES string of the molecule is CCOC(=O)CN1CCC(C(CN)n2c(C)c(C(=O)NCc3c(OC)cc(C)[nH]c3=O)c3ccccc32)CC1. The number of aryl methyl sites for hydroxylation is 1. The van der Waals surface area contributed by atoms with Crippen LogP contribution in [-0.4, -0.2) is 66.2 Å². The molecule has 4 rings (SSSR count). The lowest BCUT2D eigenvalue weighted by Crippen LogP contribution is -2.41. The van der Waals surface area contributed by atoms with Crippen molar-refractivity contribution in [1.29, 1.82) is 0 Å². The molecule has 1 fully saturated rings. The summed E-state index contributed by atoms with van der Waals surface area (Å²) in [5.74, 6) is 0.284. The largest absolute Gasteiger partial charge is 0.496 e. The molecule has 10 heteroatoms. The van der Waals surface area contributed by atoms with Gasteiger partial charge in [0, 0.05) is 34.9 Å². The average molecular weight is 538 g/mol. The fraction of sp³-hybridized carbons (Fsp3) is 0.483. The van der Waals surface area contributed by atoms with Gasteiger partial charge in [0.25, 0.3) is 11.5 Å². The van der Waals surface area contributed by atoms with E-state index in [2.05, 4.69) is 19.8 Å². The zero-order valence-electron chi connectivity index (χ0n) is 23.2. The summed E-state index contributed by atoms with van der Waals surface area (Å²) in [6, 6.07) is 9.59. The van der Waals surface area contributed by atoms with Gasteiger partial charge in [-0.3, -0.25) is 19.3 Å². The molecule has 0 radical (unpaired) electrons. The van der Waals surface area contributed by atoms with Crippen molar-refractivity contribution in [2.45, 2.75) is 46.2 Å². The van der Waals surface area contributed by atoms with Crippen LogP contribution in [0.5, 0.6) is 5.75 Å². The topological polar surface area (TPSA) is 132 Å².